The molecule has 0 saturated heterocycles. The number of nitrogens with zero attached hydrogens (tertiary/aromatic N) is 4. The predicted octanol–water partition coefficient (Wildman–Crippen LogP) is 0.283. The van der Waals surface area contributed by atoms with E-state index in [1.807, 2.05) is 13.8 Å². The third kappa shape index (κ3) is 3.32. The second-order valence-electron chi connectivity index (χ2n) is 6.11. The Morgan fingerprint density at radius 3 is 2.58 bits per heavy atom. The molecular formula is C16H20N6O3S. The summed E-state index contributed by atoms with van der Waals surface area (Å²) >= 11 is 1.57. The van der Waals surface area contributed by atoms with Gasteiger partial charge in [0.05, 0.1) is 12.2 Å². The Morgan fingerprint density at radius 1 is 1.19 bits per heavy atom. The first-order valence-electron chi connectivity index (χ1n) is 8.12. The first-order chi connectivity index (χ1) is 12.3. The lowest BCUT2D eigenvalue weighted by Crippen LogP contribution is -2.36. The van der Waals surface area contributed by atoms with Crippen LogP contribution in [-0.4, -0.2) is 30.0 Å². The van der Waals surface area contributed by atoms with E-state index in [2.05, 4.69) is 20.3 Å². The second-order valence-corrected chi connectivity index (χ2v) is 7.40. The summed E-state index contributed by atoms with van der Waals surface area (Å²) in [6.45, 7) is 4.33. The van der Waals surface area contributed by atoms with Crippen molar-refractivity contribution in [1.82, 2.24) is 29.4 Å². The highest BCUT2D eigenvalue weighted by Crippen LogP contribution is 2.16. The van der Waals surface area contributed by atoms with Crippen molar-refractivity contribution >= 4 is 28.4 Å². The summed E-state index contributed by atoms with van der Waals surface area (Å²) < 4.78 is 2.33. The average molecular weight is 376 g/mol. The van der Waals surface area contributed by atoms with Crippen molar-refractivity contribution in [2.24, 2.45) is 14.1 Å². The van der Waals surface area contributed by atoms with Crippen LogP contribution >= 0.6 is 11.3 Å². The molecule has 3 aromatic rings. The van der Waals surface area contributed by atoms with Crippen LogP contribution in [0.1, 0.15) is 27.8 Å². The molecule has 0 atom stereocenters. The number of carbonyl (C=O) groups excluding carboxylic acids is 1. The molecule has 0 fully saturated rings. The number of hydrogen-bond donors (Lipinski definition) is 2. The van der Waals surface area contributed by atoms with E-state index in [1.54, 1.807) is 18.4 Å². The van der Waals surface area contributed by atoms with Gasteiger partial charge < -0.3 is 10.3 Å². The summed E-state index contributed by atoms with van der Waals surface area (Å²) in [6, 6.07) is 0. The molecule has 0 spiro atoms. The van der Waals surface area contributed by atoms with Crippen LogP contribution in [0.2, 0.25) is 0 Å². The lowest BCUT2D eigenvalue weighted by atomic mass is 10.3. The Hall–Kier alpha value is -2.75. The molecule has 0 aliphatic carbocycles. The average Bonchev–Trinajstić information content (AvgIpc) is 3.18. The van der Waals surface area contributed by atoms with Crippen LogP contribution in [0.5, 0.6) is 0 Å². The zero-order valence-electron chi connectivity index (χ0n) is 15.0. The zero-order valence-corrected chi connectivity index (χ0v) is 15.9. The fourth-order valence-electron chi connectivity index (χ4n) is 2.60. The number of H-pyrrole nitrogens is 1. The van der Waals surface area contributed by atoms with Crippen LogP contribution in [0.25, 0.3) is 11.2 Å². The number of thiazole rings is 1. The quantitative estimate of drug-likeness (QED) is 0.664. The zero-order chi connectivity index (χ0) is 19.0. The molecule has 1 amide bonds. The molecule has 0 radical (unpaired) electrons. The normalized spacial score (nSPS) is 11.2. The maximum absolute atomic E-state index is 12.1. The van der Waals surface area contributed by atoms with Crippen LogP contribution in [-0.2, 0) is 31.9 Å². The highest BCUT2D eigenvalue weighted by Gasteiger charge is 2.14. The molecule has 9 nitrogen and oxygen atoms in total. The minimum atomic E-state index is -0.438. The lowest BCUT2D eigenvalue weighted by Gasteiger charge is -2.01. The summed E-state index contributed by atoms with van der Waals surface area (Å²) in [4.78, 5) is 48.8. The number of fused-ring (bicyclic) bond motifs is 1. The molecule has 0 unspecified atom stereocenters. The monoisotopic (exact) mass is 376 g/mol. The summed E-state index contributed by atoms with van der Waals surface area (Å²) in [5.41, 5.74) is 0.669. The van der Waals surface area contributed by atoms with Gasteiger partial charge in [-0.15, -0.1) is 11.3 Å². The number of aromatic nitrogens is 5. The molecule has 2 N–H and O–H groups in total. The van der Waals surface area contributed by atoms with Gasteiger partial charge in [0.25, 0.3) is 5.56 Å². The van der Waals surface area contributed by atoms with Gasteiger partial charge in [0.2, 0.25) is 5.91 Å². The molecule has 0 saturated carbocycles. The molecular weight excluding hydrogens is 356 g/mol. The fourth-order valence-corrected chi connectivity index (χ4v) is 3.48. The van der Waals surface area contributed by atoms with E-state index >= 15 is 0 Å². The van der Waals surface area contributed by atoms with Crippen LogP contribution in [0.3, 0.4) is 0 Å². The molecule has 10 heteroatoms. The number of rotatable bonds is 5. The van der Waals surface area contributed by atoms with Crippen LogP contribution in [0.4, 0.5) is 0 Å². The Labute approximate surface area is 152 Å². The molecule has 0 aliphatic heterocycles. The van der Waals surface area contributed by atoms with Crippen molar-refractivity contribution in [2.75, 3.05) is 0 Å². The number of hydrogen-bond acceptors (Lipinski definition) is 6. The van der Waals surface area contributed by atoms with Crippen LogP contribution in [0.15, 0.2) is 9.59 Å². The van der Waals surface area contributed by atoms with Crippen molar-refractivity contribution in [2.45, 2.75) is 33.2 Å². The Morgan fingerprint density at radius 2 is 1.92 bits per heavy atom. The third-order valence-electron chi connectivity index (χ3n) is 4.24. The highest BCUT2D eigenvalue weighted by atomic mass is 32.1. The molecule has 3 rings (SSSR count). The molecule has 0 aliphatic rings. The second kappa shape index (κ2) is 6.87. The number of amides is 1. The largest absolute Gasteiger partial charge is 0.350 e. The number of carbonyl (C=O) groups is 1. The molecule has 3 aromatic heterocycles. The van der Waals surface area contributed by atoms with E-state index < -0.39 is 11.2 Å². The van der Waals surface area contributed by atoms with Crippen molar-refractivity contribution in [3.05, 3.63) is 42.2 Å². The van der Waals surface area contributed by atoms with E-state index in [1.165, 1.54) is 11.6 Å². The first kappa shape index (κ1) is 18.1. The number of aryl methyl sites for hydroxylation is 4. The highest BCUT2D eigenvalue weighted by molar-refractivity contribution is 7.11. The Bertz CT molecular complexity index is 1080. The minimum absolute atomic E-state index is 0.127. The van der Waals surface area contributed by atoms with Crippen LogP contribution in [0, 0.1) is 13.8 Å². The standard InChI is InChI=1S/C16H20N6O3S/c1-8-9(2)26-12(18-8)7-17-11(23)6-5-10-19-13-14(20-10)21(3)16(25)22(4)15(13)24/h5-7H2,1-4H3,(H,17,23)(H,19,20). The van der Waals surface area contributed by atoms with E-state index in [-0.39, 0.29) is 17.8 Å². The number of aromatic amines is 1. The van der Waals surface area contributed by atoms with Crippen molar-refractivity contribution in [1.29, 1.82) is 0 Å². The maximum atomic E-state index is 12.1. The van der Waals surface area contributed by atoms with Gasteiger partial charge >= 0.3 is 5.69 Å². The van der Waals surface area contributed by atoms with E-state index in [4.69, 9.17) is 0 Å². The number of nitrogens with one attached hydrogen (secondary N) is 2. The molecule has 3 heterocycles. The van der Waals surface area contributed by atoms with Gasteiger partial charge in [-0.25, -0.2) is 14.8 Å². The predicted molar refractivity (Wildman–Crippen MR) is 98.3 cm³/mol. The fraction of sp³-hybridized carbons (Fsp3) is 0.438. The smallest absolute Gasteiger partial charge is 0.332 e. The SMILES string of the molecule is Cc1nc(CNC(=O)CCc2nc3c([nH]2)c(=O)n(C)c(=O)n3C)sc1C. The summed E-state index contributed by atoms with van der Waals surface area (Å²) in [5.74, 6) is 0.368. The van der Waals surface area contributed by atoms with Gasteiger partial charge in [-0.3, -0.25) is 18.7 Å². The van der Waals surface area contributed by atoms with Gasteiger partial charge in [-0.2, -0.15) is 0 Å². The van der Waals surface area contributed by atoms with Crippen LogP contribution < -0.4 is 16.6 Å². The first-order valence-corrected chi connectivity index (χ1v) is 8.93. The van der Waals surface area contributed by atoms with Gasteiger partial charge in [0, 0.05) is 31.8 Å². The van der Waals surface area contributed by atoms with Gasteiger partial charge in [0.15, 0.2) is 5.65 Å². The third-order valence-corrected chi connectivity index (χ3v) is 5.32. The maximum Gasteiger partial charge on any atom is 0.332 e. The van der Waals surface area contributed by atoms with E-state index in [0.29, 0.717) is 24.4 Å². The summed E-state index contributed by atoms with van der Waals surface area (Å²) in [5, 5.41) is 3.70. The van der Waals surface area contributed by atoms with Crippen molar-refractivity contribution < 1.29 is 4.79 Å². The summed E-state index contributed by atoms with van der Waals surface area (Å²) in [7, 11) is 2.97. The van der Waals surface area contributed by atoms with Gasteiger partial charge in [-0.05, 0) is 13.8 Å². The topological polar surface area (TPSA) is 115 Å². The van der Waals surface area contributed by atoms with Crippen molar-refractivity contribution in [3.63, 3.8) is 0 Å². The van der Waals surface area contributed by atoms with Crippen molar-refractivity contribution in [3.8, 4) is 0 Å². The van der Waals surface area contributed by atoms with Gasteiger partial charge in [0.1, 0.15) is 16.3 Å². The molecule has 26 heavy (non-hydrogen) atoms. The molecule has 0 bridgehead atoms. The number of imidazole rings is 1. The minimum Gasteiger partial charge on any atom is -0.350 e. The van der Waals surface area contributed by atoms with E-state index in [0.717, 1.165) is 20.1 Å². The Balaban J connectivity index is 1.67. The molecule has 138 valence electrons. The Kier molecular flexibility index (Phi) is 4.77. The van der Waals surface area contributed by atoms with E-state index in [9.17, 15) is 14.4 Å². The van der Waals surface area contributed by atoms with Gasteiger partial charge in [-0.1, -0.05) is 0 Å². The lowest BCUT2D eigenvalue weighted by molar-refractivity contribution is -0.121. The molecule has 0 aromatic carbocycles. The summed E-state index contributed by atoms with van der Waals surface area (Å²) in [6.07, 6.45) is 0.561.